The topological polar surface area (TPSA) is 29.3 Å². The van der Waals surface area contributed by atoms with Gasteiger partial charge in [-0.1, -0.05) is 13.0 Å². The third kappa shape index (κ3) is 2.36. The first-order valence-corrected chi connectivity index (χ1v) is 8.11. The summed E-state index contributed by atoms with van der Waals surface area (Å²) < 4.78 is 0. The Labute approximate surface area is 114 Å². The predicted molar refractivity (Wildman–Crippen MR) is 77.7 cm³/mol. The molecule has 18 heavy (non-hydrogen) atoms. The standard InChI is InChI=1S/C15H24N2S/c1-12-6-7-15(9-12,11-16)17(13-4-5-13)10-14-3-2-8-18-14/h2-3,8,12-13H,4-7,9-11,16H2,1H3. The average molecular weight is 264 g/mol. The summed E-state index contributed by atoms with van der Waals surface area (Å²) in [6.07, 6.45) is 6.70. The van der Waals surface area contributed by atoms with Gasteiger partial charge in [-0.05, 0) is 49.5 Å². The Hall–Kier alpha value is -0.380. The summed E-state index contributed by atoms with van der Waals surface area (Å²) in [6, 6.07) is 5.24. The van der Waals surface area contributed by atoms with Crippen molar-refractivity contribution in [3.8, 4) is 0 Å². The Kier molecular flexibility index (Phi) is 3.48. The molecule has 2 aliphatic carbocycles. The lowest BCUT2D eigenvalue weighted by Gasteiger charge is -2.41. The SMILES string of the molecule is CC1CCC(CN)(N(Cc2cccs2)C2CC2)C1. The summed E-state index contributed by atoms with van der Waals surface area (Å²) >= 11 is 1.88. The van der Waals surface area contributed by atoms with E-state index >= 15 is 0 Å². The number of nitrogens with two attached hydrogens (primary N) is 1. The van der Waals surface area contributed by atoms with Gasteiger partial charge in [-0.3, -0.25) is 4.90 Å². The molecule has 0 amide bonds. The van der Waals surface area contributed by atoms with Gasteiger partial charge >= 0.3 is 0 Å². The van der Waals surface area contributed by atoms with Gasteiger partial charge < -0.3 is 5.73 Å². The highest BCUT2D eigenvalue weighted by Gasteiger charge is 2.46. The van der Waals surface area contributed by atoms with Crippen molar-refractivity contribution in [1.29, 1.82) is 0 Å². The molecule has 2 fully saturated rings. The zero-order valence-corrected chi connectivity index (χ0v) is 12.1. The van der Waals surface area contributed by atoms with E-state index in [1.807, 2.05) is 11.3 Å². The molecular weight excluding hydrogens is 240 g/mol. The number of rotatable bonds is 5. The molecule has 0 saturated heterocycles. The third-order valence-corrected chi connectivity index (χ3v) is 5.58. The van der Waals surface area contributed by atoms with E-state index in [4.69, 9.17) is 5.73 Å². The van der Waals surface area contributed by atoms with Gasteiger partial charge in [-0.25, -0.2) is 0 Å². The number of nitrogens with zero attached hydrogens (tertiary/aromatic N) is 1. The van der Waals surface area contributed by atoms with Crippen LogP contribution in [0.2, 0.25) is 0 Å². The van der Waals surface area contributed by atoms with Crippen molar-refractivity contribution in [2.75, 3.05) is 6.54 Å². The van der Waals surface area contributed by atoms with Crippen LogP contribution in [0.5, 0.6) is 0 Å². The van der Waals surface area contributed by atoms with Crippen LogP contribution in [0.1, 0.15) is 43.9 Å². The Morgan fingerprint density at radius 3 is 2.78 bits per heavy atom. The van der Waals surface area contributed by atoms with Crippen LogP contribution in [0.3, 0.4) is 0 Å². The van der Waals surface area contributed by atoms with Crippen LogP contribution in [0.25, 0.3) is 0 Å². The Balaban J connectivity index is 1.79. The Morgan fingerprint density at radius 1 is 1.44 bits per heavy atom. The van der Waals surface area contributed by atoms with Crippen molar-refractivity contribution in [2.24, 2.45) is 11.7 Å². The van der Waals surface area contributed by atoms with Crippen LogP contribution in [0.15, 0.2) is 17.5 Å². The van der Waals surface area contributed by atoms with E-state index in [0.29, 0.717) is 5.54 Å². The molecule has 1 aromatic rings. The maximum atomic E-state index is 6.19. The molecular formula is C15H24N2S. The van der Waals surface area contributed by atoms with Crippen LogP contribution in [-0.4, -0.2) is 23.0 Å². The van der Waals surface area contributed by atoms with E-state index in [1.54, 1.807) is 0 Å². The summed E-state index contributed by atoms with van der Waals surface area (Å²) in [5.41, 5.74) is 6.48. The minimum absolute atomic E-state index is 0.296. The van der Waals surface area contributed by atoms with Gasteiger partial charge in [0.05, 0.1) is 0 Å². The molecule has 2 nitrogen and oxygen atoms in total. The molecule has 0 aliphatic heterocycles. The van der Waals surface area contributed by atoms with Gasteiger partial charge in [0, 0.05) is 29.5 Å². The van der Waals surface area contributed by atoms with Crippen LogP contribution in [0, 0.1) is 5.92 Å². The molecule has 2 atom stereocenters. The quantitative estimate of drug-likeness (QED) is 0.884. The minimum Gasteiger partial charge on any atom is -0.329 e. The van der Waals surface area contributed by atoms with E-state index in [1.165, 1.54) is 37.0 Å². The second-order valence-corrected chi connectivity index (χ2v) is 7.25. The largest absolute Gasteiger partial charge is 0.329 e. The first kappa shape index (κ1) is 12.6. The summed E-state index contributed by atoms with van der Waals surface area (Å²) in [4.78, 5) is 4.25. The third-order valence-electron chi connectivity index (χ3n) is 4.71. The fourth-order valence-corrected chi connectivity index (χ4v) is 4.27. The lowest BCUT2D eigenvalue weighted by molar-refractivity contribution is 0.0792. The molecule has 0 bridgehead atoms. The fraction of sp³-hybridized carbons (Fsp3) is 0.733. The van der Waals surface area contributed by atoms with Crippen molar-refractivity contribution < 1.29 is 0 Å². The van der Waals surface area contributed by atoms with Crippen molar-refractivity contribution >= 4 is 11.3 Å². The van der Waals surface area contributed by atoms with Gasteiger partial charge in [-0.15, -0.1) is 11.3 Å². The number of thiophene rings is 1. The molecule has 100 valence electrons. The Morgan fingerprint density at radius 2 is 2.28 bits per heavy atom. The van der Waals surface area contributed by atoms with Crippen molar-refractivity contribution in [1.82, 2.24) is 4.90 Å². The normalized spacial score (nSPS) is 32.3. The molecule has 2 N–H and O–H groups in total. The predicted octanol–water partition coefficient (Wildman–Crippen LogP) is 3.23. The van der Waals surface area contributed by atoms with Crippen molar-refractivity contribution in [2.45, 2.75) is 57.2 Å². The van der Waals surface area contributed by atoms with E-state index in [-0.39, 0.29) is 0 Å². The molecule has 2 aliphatic rings. The average Bonchev–Trinajstić information content (AvgIpc) is 2.93. The Bertz CT molecular complexity index is 385. The molecule has 0 spiro atoms. The smallest absolute Gasteiger partial charge is 0.0341 e. The van der Waals surface area contributed by atoms with Crippen molar-refractivity contribution in [3.63, 3.8) is 0 Å². The molecule has 2 unspecified atom stereocenters. The number of hydrogen-bond acceptors (Lipinski definition) is 3. The highest BCUT2D eigenvalue weighted by atomic mass is 32.1. The zero-order valence-electron chi connectivity index (χ0n) is 11.3. The second kappa shape index (κ2) is 4.95. The van der Waals surface area contributed by atoms with Crippen molar-refractivity contribution in [3.05, 3.63) is 22.4 Å². The van der Waals surface area contributed by atoms with Gasteiger partial charge in [0.2, 0.25) is 0 Å². The van der Waals surface area contributed by atoms with Gasteiger partial charge in [-0.2, -0.15) is 0 Å². The van der Waals surface area contributed by atoms with E-state index < -0.39 is 0 Å². The first-order valence-electron chi connectivity index (χ1n) is 7.23. The maximum absolute atomic E-state index is 6.19. The zero-order chi connectivity index (χ0) is 12.6. The summed E-state index contributed by atoms with van der Waals surface area (Å²) in [5, 5.41) is 2.19. The molecule has 2 saturated carbocycles. The van der Waals surface area contributed by atoms with E-state index in [0.717, 1.165) is 25.0 Å². The molecule has 1 heterocycles. The van der Waals surface area contributed by atoms with E-state index in [9.17, 15) is 0 Å². The van der Waals surface area contributed by atoms with Crippen LogP contribution in [0.4, 0.5) is 0 Å². The molecule has 1 aromatic heterocycles. The van der Waals surface area contributed by atoms with E-state index in [2.05, 4.69) is 29.3 Å². The fourth-order valence-electron chi connectivity index (χ4n) is 3.57. The number of hydrogen-bond donors (Lipinski definition) is 1. The van der Waals surface area contributed by atoms with Crippen LogP contribution in [-0.2, 0) is 6.54 Å². The lowest BCUT2D eigenvalue weighted by atomic mass is 9.93. The molecule has 0 aromatic carbocycles. The molecule has 0 radical (unpaired) electrons. The summed E-state index contributed by atoms with van der Waals surface area (Å²) in [6.45, 7) is 4.33. The maximum Gasteiger partial charge on any atom is 0.0341 e. The second-order valence-electron chi connectivity index (χ2n) is 6.21. The monoisotopic (exact) mass is 264 g/mol. The molecule has 3 rings (SSSR count). The lowest BCUT2D eigenvalue weighted by Crippen LogP contribution is -2.52. The summed E-state index contributed by atoms with van der Waals surface area (Å²) in [5.74, 6) is 0.845. The first-order chi connectivity index (χ1) is 8.73. The highest BCUT2D eigenvalue weighted by molar-refractivity contribution is 7.09. The van der Waals surface area contributed by atoms with Gasteiger partial charge in [0.1, 0.15) is 0 Å². The molecule has 3 heteroatoms. The van der Waals surface area contributed by atoms with Gasteiger partial charge in [0.25, 0.3) is 0 Å². The van der Waals surface area contributed by atoms with Crippen LogP contribution < -0.4 is 5.73 Å². The highest BCUT2D eigenvalue weighted by Crippen LogP contribution is 2.44. The summed E-state index contributed by atoms with van der Waals surface area (Å²) in [7, 11) is 0. The van der Waals surface area contributed by atoms with Crippen LogP contribution >= 0.6 is 11.3 Å². The minimum atomic E-state index is 0.296. The van der Waals surface area contributed by atoms with Gasteiger partial charge in [0.15, 0.2) is 0 Å².